The molecule has 0 fully saturated rings. The summed E-state index contributed by atoms with van der Waals surface area (Å²) in [5.41, 5.74) is 0.416. The van der Waals surface area contributed by atoms with E-state index < -0.39 is 39.0 Å². The highest BCUT2D eigenvalue weighted by Gasteiger charge is 2.35. The van der Waals surface area contributed by atoms with Crippen LogP contribution in [0.3, 0.4) is 0 Å². The molecule has 6 aromatic rings. The molecular formula is C33H25F4N3O4S. The molecule has 0 saturated heterocycles. The average Bonchev–Trinajstić information content (AvgIpc) is 3.58. The van der Waals surface area contributed by atoms with Crippen molar-refractivity contribution in [1.29, 1.82) is 0 Å². The Balaban J connectivity index is 1.65. The smallest absolute Gasteiger partial charge is 0.434 e. The van der Waals surface area contributed by atoms with Crippen LogP contribution in [0.15, 0.2) is 88.3 Å². The first-order valence-corrected chi connectivity index (χ1v) is 15.5. The molecular weight excluding hydrogens is 610 g/mol. The van der Waals surface area contributed by atoms with Crippen LogP contribution in [0.2, 0.25) is 0 Å². The molecule has 6 rings (SSSR count). The Kier molecular flexibility index (Phi) is 7.37. The van der Waals surface area contributed by atoms with Crippen molar-refractivity contribution in [3.63, 3.8) is 0 Å². The maximum absolute atomic E-state index is 15.4. The zero-order valence-electron chi connectivity index (χ0n) is 24.1. The second kappa shape index (κ2) is 11.0. The largest absolute Gasteiger partial charge is 0.440 e. The minimum atomic E-state index is -4.70. The predicted molar refractivity (Wildman–Crippen MR) is 161 cm³/mol. The van der Waals surface area contributed by atoms with E-state index in [0.29, 0.717) is 11.3 Å². The number of oxazole rings is 1. The SMILES string of the molecule is Cc1nc(-c2cc(-c3ccc(CO)c(F)c3S(C)(=O)=O)ccc2-n2cc(C(F)(F)F)nc2C)c(-c2ccc3ccccc3c2)o1. The van der Waals surface area contributed by atoms with Crippen molar-refractivity contribution in [3.05, 3.63) is 108 Å². The van der Waals surface area contributed by atoms with Gasteiger partial charge in [-0.2, -0.15) is 13.2 Å². The summed E-state index contributed by atoms with van der Waals surface area (Å²) in [5, 5.41) is 11.5. The predicted octanol–water partition coefficient (Wildman–Crippen LogP) is 7.69. The van der Waals surface area contributed by atoms with E-state index in [1.165, 1.54) is 41.8 Å². The minimum Gasteiger partial charge on any atom is -0.440 e. The zero-order valence-corrected chi connectivity index (χ0v) is 25.0. The Morgan fingerprint density at radius 1 is 0.889 bits per heavy atom. The van der Waals surface area contributed by atoms with Gasteiger partial charge < -0.3 is 14.1 Å². The number of halogens is 4. The van der Waals surface area contributed by atoms with E-state index in [0.717, 1.165) is 23.2 Å². The fourth-order valence-electron chi connectivity index (χ4n) is 5.40. The molecule has 0 unspecified atom stereocenters. The summed E-state index contributed by atoms with van der Waals surface area (Å²) in [7, 11) is -4.13. The molecule has 0 atom stereocenters. The van der Waals surface area contributed by atoms with Gasteiger partial charge >= 0.3 is 6.18 Å². The number of alkyl halides is 3. The van der Waals surface area contributed by atoms with Crippen LogP contribution in [-0.4, -0.2) is 34.3 Å². The highest BCUT2D eigenvalue weighted by Crippen LogP contribution is 2.41. The van der Waals surface area contributed by atoms with E-state index in [2.05, 4.69) is 9.97 Å². The van der Waals surface area contributed by atoms with Gasteiger partial charge in [-0.15, -0.1) is 0 Å². The Morgan fingerprint density at radius 3 is 2.27 bits per heavy atom. The Morgan fingerprint density at radius 2 is 1.60 bits per heavy atom. The van der Waals surface area contributed by atoms with Gasteiger partial charge in [-0.1, -0.05) is 54.6 Å². The number of aliphatic hydroxyl groups is 1. The van der Waals surface area contributed by atoms with Gasteiger partial charge in [-0.05, 0) is 41.5 Å². The lowest BCUT2D eigenvalue weighted by molar-refractivity contribution is -0.141. The van der Waals surface area contributed by atoms with Gasteiger partial charge in [0.2, 0.25) is 0 Å². The molecule has 1 N–H and O–H groups in total. The second-order valence-corrected chi connectivity index (χ2v) is 12.5. The molecule has 2 aromatic heterocycles. The number of benzene rings is 4. The topological polar surface area (TPSA) is 98.2 Å². The third kappa shape index (κ3) is 5.51. The third-order valence-electron chi connectivity index (χ3n) is 7.46. The van der Waals surface area contributed by atoms with Crippen LogP contribution in [0.4, 0.5) is 17.6 Å². The first kappa shape index (κ1) is 30.2. The molecule has 12 heteroatoms. The lowest BCUT2D eigenvalue weighted by atomic mass is 9.96. The van der Waals surface area contributed by atoms with Gasteiger partial charge in [0.15, 0.2) is 27.2 Å². The van der Waals surface area contributed by atoms with Crippen LogP contribution >= 0.6 is 0 Å². The third-order valence-corrected chi connectivity index (χ3v) is 8.60. The molecule has 0 radical (unpaired) electrons. The summed E-state index contributed by atoms with van der Waals surface area (Å²) in [5.74, 6) is -0.440. The van der Waals surface area contributed by atoms with E-state index in [4.69, 9.17) is 4.42 Å². The van der Waals surface area contributed by atoms with Crippen LogP contribution < -0.4 is 0 Å². The van der Waals surface area contributed by atoms with Gasteiger partial charge in [0.25, 0.3) is 0 Å². The summed E-state index contributed by atoms with van der Waals surface area (Å²) >= 11 is 0. The van der Waals surface area contributed by atoms with Crippen LogP contribution in [0.1, 0.15) is 23.0 Å². The number of hydrogen-bond donors (Lipinski definition) is 1. The van der Waals surface area contributed by atoms with Crippen molar-refractivity contribution in [2.24, 2.45) is 0 Å². The highest BCUT2D eigenvalue weighted by molar-refractivity contribution is 7.90. The molecule has 0 aliphatic rings. The Labute approximate surface area is 255 Å². The highest BCUT2D eigenvalue weighted by atomic mass is 32.2. The summed E-state index contributed by atoms with van der Waals surface area (Å²) in [6, 6.07) is 20.5. The number of hydrogen-bond acceptors (Lipinski definition) is 6. The van der Waals surface area contributed by atoms with Crippen molar-refractivity contribution < 1.29 is 35.5 Å². The fourth-order valence-corrected chi connectivity index (χ4v) is 6.44. The zero-order chi connectivity index (χ0) is 32.3. The molecule has 0 spiro atoms. The van der Waals surface area contributed by atoms with Gasteiger partial charge in [0.05, 0.1) is 12.3 Å². The van der Waals surface area contributed by atoms with Crippen LogP contribution in [-0.2, 0) is 22.6 Å². The molecule has 45 heavy (non-hydrogen) atoms. The van der Waals surface area contributed by atoms with E-state index in [1.807, 2.05) is 42.5 Å². The molecule has 0 amide bonds. The van der Waals surface area contributed by atoms with Crippen molar-refractivity contribution >= 4 is 20.6 Å². The van der Waals surface area contributed by atoms with E-state index in [-0.39, 0.29) is 45.4 Å². The molecule has 0 bridgehead atoms. The van der Waals surface area contributed by atoms with Gasteiger partial charge in [-0.3, -0.25) is 0 Å². The van der Waals surface area contributed by atoms with Crippen LogP contribution in [0.25, 0.3) is 50.2 Å². The second-order valence-electron chi connectivity index (χ2n) is 10.6. The Hall–Kier alpha value is -4.81. The van der Waals surface area contributed by atoms with Gasteiger partial charge in [0.1, 0.15) is 22.2 Å². The number of aliphatic hydroxyl groups excluding tert-OH is 1. The first-order valence-electron chi connectivity index (χ1n) is 13.6. The van der Waals surface area contributed by atoms with Crippen molar-refractivity contribution in [1.82, 2.24) is 14.5 Å². The number of rotatable bonds is 6. The molecule has 0 aliphatic heterocycles. The average molecular weight is 636 g/mol. The summed E-state index contributed by atoms with van der Waals surface area (Å²) < 4.78 is 89.3. The van der Waals surface area contributed by atoms with Crippen molar-refractivity contribution in [3.8, 4) is 39.4 Å². The molecule has 0 aliphatic carbocycles. The molecule has 4 aromatic carbocycles. The maximum atomic E-state index is 15.4. The summed E-state index contributed by atoms with van der Waals surface area (Å²) in [4.78, 5) is 7.71. The summed E-state index contributed by atoms with van der Waals surface area (Å²) in [6.07, 6.45) is -2.97. The number of aryl methyl sites for hydroxylation is 2. The number of sulfone groups is 1. The molecule has 2 heterocycles. The fraction of sp³-hybridized carbons (Fsp3) is 0.152. The minimum absolute atomic E-state index is 0.00538. The summed E-state index contributed by atoms with van der Waals surface area (Å²) in [6.45, 7) is 2.34. The van der Waals surface area contributed by atoms with Crippen LogP contribution in [0.5, 0.6) is 0 Å². The lowest BCUT2D eigenvalue weighted by Gasteiger charge is -2.16. The maximum Gasteiger partial charge on any atom is 0.434 e. The standard InChI is InChI=1S/C33H25F4N3O4S/c1-18-38-28(33(35,36)37)16-40(18)27-13-11-22(25-12-10-24(17-41)29(34)32(25)45(3,42)43)15-26(27)30-31(44-19(2)39-30)23-9-8-20-6-4-5-7-21(20)14-23/h4-16,41H,17H2,1-3H3. The monoisotopic (exact) mass is 635 g/mol. The normalized spacial score (nSPS) is 12.3. The van der Waals surface area contributed by atoms with E-state index in [1.54, 1.807) is 6.92 Å². The quantitative estimate of drug-likeness (QED) is 0.189. The molecule has 230 valence electrons. The first-order chi connectivity index (χ1) is 21.3. The van der Waals surface area contributed by atoms with Crippen molar-refractivity contribution in [2.45, 2.75) is 31.5 Å². The van der Waals surface area contributed by atoms with Gasteiger partial charge in [0, 0.05) is 41.6 Å². The molecule has 0 saturated carbocycles. The van der Waals surface area contributed by atoms with Gasteiger partial charge in [-0.25, -0.2) is 22.8 Å². The molecule has 7 nitrogen and oxygen atoms in total. The van der Waals surface area contributed by atoms with Crippen molar-refractivity contribution in [2.75, 3.05) is 6.26 Å². The number of fused-ring (bicyclic) bond motifs is 1. The number of aromatic nitrogens is 3. The van der Waals surface area contributed by atoms with E-state index >= 15 is 4.39 Å². The number of nitrogens with zero attached hydrogens (tertiary/aromatic N) is 3. The Bertz CT molecular complexity index is 2220. The number of imidazole rings is 1. The van der Waals surface area contributed by atoms with Crippen LogP contribution in [0, 0.1) is 19.7 Å². The van der Waals surface area contributed by atoms with E-state index in [9.17, 15) is 26.7 Å². The lowest BCUT2D eigenvalue weighted by Crippen LogP contribution is -2.07.